The number of hydrazone groups is 1. The number of anilines is 1. The topological polar surface area (TPSA) is 24.8 Å². The van der Waals surface area contributed by atoms with Crippen LogP contribution in [0.15, 0.2) is 71.9 Å². The fourth-order valence-electron chi connectivity index (χ4n) is 2.15. The quantitative estimate of drug-likeness (QED) is 0.848. The zero-order valence-corrected chi connectivity index (χ0v) is 11.4. The van der Waals surface area contributed by atoms with Gasteiger partial charge in [0, 0.05) is 5.56 Å². The fraction of sp³-hybridized carbons (Fsp3) is 0.118. The van der Waals surface area contributed by atoms with E-state index in [1.807, 2.05) is 47.5 Å². The van der Waals surface area contributed by atoms with Crippen LogP contribution >= 0.6 is 0 Å². The lowest BCUT2D eigenvalue weighted by atomic mass is 10.1. The fourth-order valence-corrected chi connectivity index (χ4v) is 2.15. The maximum absolute atomic E-state index is 5.18. The summed E-state index contributed by atoms with van der Waals surface area (Å²) in [7, 11) is 1.67. The van der Waals surface area contributed by atoms with Gasteiger partial charge in [0.2, 0.25) is 0 Å². The van der Waals surface area contributed by atoms with Crippen LogP contribution in [0, 0.1) is 0 Å². The number of ether oxygens (including phenoxy) is 1. The third-order valence-corrected chi connectivity index (χ3v) is 3.22. The third kappa shape index (κ3) is 2.57. The van der Waals surface area contributed by atoms with Crippen LogP contribution in [-0.2, 0) is 0 Å². The van der Waals surface area contributed by atoms with E-state index in [4.69, 9.17) is 9.84 Å². The van der Waals surface area contributed by atoms with Gasteiger partial charge in [-0.05, 0) is 42.5 Å². The molecule has 1 aliphatic rings. The molecule has 0 spiro atoms. The molecule has 0 unspecified atom stereocenters. The Morgan fingerprint density at radius 3 is 2.45 bits per heavy atom. The Hall–Kier alpha value is -2.55. The summed E-state index contributed by atoms with van der Waals surface area (Å²) in [5.74, 6) is 0.856. The van der Waals surface area contributed by atoms with Gasteiger partial charge >= 0.3 is 0 Å². The van der Waals surface area contributed by atoms with Crippen LogP contribution in [0.3, 0.4) is 0 Å². The summed E-state index contributed by atoms with van der Waals surface area (Å²) in [4.78, 5) is 0. The van der Waals surface area contributed by atoms with Crippen LogP contribution < -0.4 is 9.75 Å². The van der Waals surface area contributed by atoms with Crippen LogP contribution in [0.5, 0.6) is 5.75 Å². The summed E-state index contributed by atoms with van der Waals surface area (Å²) in [6, 6.07) is 18.1. The minimum absolute atomic E-state index is 0.795. The molecule has 20 heavy (non-hydrogen) atoms. The molecule has 0 bridgehead atoms. The highest BCUT2D eigenvalue weighted by Gasteiger charge is 2.10. The Kier molecular flexibility index (Phi) is 3.50. The molecule has 0 aliphatic carbocycles. The summed E-state index contributed by atoms with van der Waals surface area (Å²) < 4.78 is 5.18. The number of para-hydroxylation sites is 1. The predicted octanol–water partition coefficient (Wildman–Crippen LogP) is 3.48. The van der Waals surface area contributed by atoms with Gasteiger partial charge in [-0.2, -0.15) is 5.10 Å². The zero-order chi connectivity index (χ0) is 13.8. The summed E-state index contributed by atoms with van der Waals surface area (Å²) >= 11 is 0. The lowest BCUT2D eigenvalue weighted by Gasteiger charge is -2.21. The van der Waals surface area contributed by atoms with Gasteiger partial charge in [0.1, 0.15) is 5.75 Å². The Morgan fingerprint density at radius 2 is 1.75 bits per heavy atom. The first kappa shape index (κ1) is 12.5. The summed E-state index contributed by atoms with van der Waals surface area (Å²) in [6.07, 6.45) is 4.18. The number of rotatable bonds is 3. The summed E-state index contributed by atoms with van der Waals surface area (Å²) in [5.41, 5.74) is 3.15. The number of nitrogens with zero attached hydrogens (tertiary/aromatic N) is 2. The molecule has 0 N–H and O–H groups in total. The molecular weight excluding hydrogens is 248 g/mol. The van der Waals surface area contributed by atoms with Crippen molar-refractivity contribution in [1.82, 2.24) is 0 Å². The van der Waals surface area contributed by atoms with Gasteiger partial charge < -0.3 is 4.74 Å². The van der Waals surface area contributed by atoms with Gasteiger partial charge in [0.15, 0.2) is 0 Å². The Bertz CT molecular complexity index is 630. The molecule has 3 heteroatoms. The number of allylic oxidation sites excluding steroid dienone is 1. The summed E-state index contributed by atoms with van der Waals surface area (Å²) in [6.45, 7) is 0.795. The van der Waals surface area contributed by atoms with E-state index in [0.717, 1.165) is 29.3 Å². The van der Waals surface area contributed by atoms with Gasteiger partial charge in [-0.3, -0.25) is 5.01 Å². The first-order chi connectivity index (χ1) is 9.86. The smallest absolute Gasteiger partial charge is 0.118 e. The van der Waals surface area contributed by atoms with Crippen molar-refractivity contribution in [2.24, 2.45) is 5.10 Å². The molecule has 2 aromatic carbocycles. The standard InChI is InChI=1S/C17H16N2O/c1-20-16-11-9-14(10-12-16)17-8-5-13-19(18-17)15-6-3-2-4-7-15/h2-12H,13H2,1H3. The average Bonchev–Trinajstić information content (AvgIpc) is 2.56. The van der Waals surface area contributed by atoms with Gasteiger partial charge in [0.25, 0.3) is 0 Å². The molecule has 0 fully saturated rings. The van der Waals surface area contributed by atoms with Crippen molar-refractivity contribution in [3.05, 3.63) is 72.3 Å². The number of benzene rings is 2. The lowest BCUT2D eigenvalue weighted by molar-refractivity contribution is 0.415. The number of hydrogen-bond donors (Lipinski definition) is 0. The Morgan fingerprint density at radius 1 is 1.00 bits per heavy atom. The highest BCUT2D eigenvalue weighted by atomic mass is 16.5. The van der Waals surface area contributed by atoms with Crippen LogP contribution in [-0.4, -0.2) is 19.4 Å². The maximum Gasteiger partial charge on any atom is 0.118 e. The van der Waals surface area contributed by atoms with Crippen LogP contribution in [0.2, 0.25) is 0 Å². The zero-order valence-electron chi connectivity index (χ0n) is 11.4. The highest BCUT2D eigenvalue weighted by Crippen LogP contribution is 2.19. The largest absolute Gasteiger partial charge is 0.497 e. The molecule has 1 aliphatic heterocycles. The normalized spacial score (nSPS) is 14.1. The SMILES string of the molecule is COc1ccc(C2=NN(c3ccccc3)CC=C2)cc1. The van der Waals surface area contributed by atoms with E-state index in [2.05, 4.69) is 24.3 Å². The molecule has 3 nitrogen and oxygen atoms in total. The molecule has 0 saturated carbocycles. The van der Waals surface area contributed by atoms with Crippen molar-refractivity contribution in [2.75, 3.05) is 18.7 Å². The molecule has 0 radical (unpaired) electrons. The van der Waals surface area contributed by atoms with Crippen molar-refractivity contribution in [1.29, 1.82) is 0 Å². The first-order valence-corrected chi connectivity index (χ1v) is 6.59. The van der Waals surface area contributed by atoms with E-state index < -0.39 is 0 Å². The molecule has 0 atom stereocenters. The highest BCUT2D eigenvalue weighted by molar-refractivity contribution is 6.09. The molecule has 100 valence electrons. The van der Waals surface area contributed by atoms with E-state index in [-0.39, 0.29) is 0 Å². The monoisotopic (exact) mass is 264 g/mol. The number of hydrogen-bond acceptors (Lipinski definition) is 3. The molecule has 1 heterocycles. The van der Waals surface area contributed by atoms with Gasteiger partial charge in [0.05, 0.1) is 25.1 Å². The predicted molar refractivity (Wildman–Crippen MR) is 82.5 cm³/mol. The third-order valence-electron chi connectivity index (χ3n) is 3.22. The molecular formula is C17H16N2O. The summed E-state index contributed by atoms with van der Waals surface area (Å²) in [5, 5.41) is 6.70. The van der Waals surface area contributed by atoms with Gasteiger partial charge in [-0.25, -0.2) is 0 Å². The van der Waals surface area contributed by atoms with E-state index in [9.17, 15) is 0 Å². The first-order valence-electron chi connectivity index (χ1n) is 6.59. The second-order valence-corrected chi connectivity index (χ2v) is 4.53. The molecule has 0 saturated heterocycles. The lowest BCUT2D eigenvalue weighted by Crippen LogP contribution is -2.22. The van der Waals surface area contributed by atoms with Crippen LogP contribution in [0.4, 0.5) is 5.69 Å². The second kappa shape index (κ2) is 5.61. The van der Waals surface area contributed by atoms with Crippen molar-refractivity contribution >= 4 is 11.4 Å². The molecule has 2 aromatic rings. The molecule has 0 aromatic heterocycles. The van der Waals surface area contributed by atoms with Crippen molar-refractivity contribution in [3.8, 4) is 5.75 Å². The van der Waals surface area contributed by atoms with Crippen molar-refractivity contribution in [2.45, 2.75) is 0 Å². The Labute approximate surface area is 118 Å². The molecule has 3 rings (SSSR count). The van der Waals surface area contributed by atoms with Crippen molar-refractivity contribution < 1.29 is 4.74 Å². The van der Waals surface area contributed by atoms with E-state index >= 15 is 0 Å². The minimum Gasteiger partial charge on any atom is -0.497 e. The van der Waals surface area contributed by atoms with Gasteiger partial charge in [-0.15, -0.1) is 0 Å². The maximum atomic E-state index is 5.18. The van der Waals surface area contributed by atoms with Gasteiger partial charge in [-0.1, -0.05) is 24.3 Å². The average molecular weight is 264 g/mol. The van der Waals surface area contributed by atoms with E-state index in [1.54, 1.807) is 7.11 Å². The minimum atomic E-state index is 0.795. The molecule has 0 amide bonds. The van der Waals surface area contributed by atoms with Crippen LogP contribution in [0.1, 0.15) is 5.56 Å². The number of methoxy groups -OCH3 is 1. The second-order valence-electron chi connectivity index (χ2n) is 4.53. The van der Waals surface area contributed by atoms with E-state index in [0.29, 0.717) is 0 Å². The van der Waals surface area contributed by atoms with Crippen LogP contribution in [0.25, 0.3) is 0 Å². The Balaban J connectivity index is 1.88. The van der Waals surface area contributed by atoms with E-state index in [1.165, 1.54) is 0 Å². The van der Waals surface area contributed by atoms with Crippen molar-refractivity contribution in [3.63, 3.8) is 0 Å².